The molecule has 0 N–H and O–H groups in total. The first-order valence-corrected chi connectivity index (χ1v) is 3.19. The average Bonchev–Trinajstić information content (AvgIpc) is 2.33. The maximum atomic E-state index is 3.93. The molecule has 2 aromatic rings. The second-order valence-electron chi connectivity index (χ2n) is 1.55. The van der Waals surface area contributed by atoms with Crippen LogP contribution in [0.2, 0.25) is 0 Å². The van der Waals surface area contributed by atoms with Crippen LogP contribution in [0.1, 0.15) is 0 Å². The highest BCUT2D eigenvalue weighted by molar-refractivity contribution is 7.04. The maximum absolute atomic E-state index is 3.93. The molecule has 2 aromatic heterocycles. The largest absolute Gasteiger partial charge is 0.195 e. The van der Waals surface area contributed by atoms with Gasteiger partial charge in [0.1, 0.15) is 0 Å². The molecule has 0 spiro atoms. The van der Waals surface area contributed by atoms with E-state index in [1.807, 2.05) is 6.07 Å². The van der Waals surface area contributed by atoms with Gasteiger partial charge in [0, 0.05) is 5.39 Å². The molecule has 0 aromatic carbocycles. The lowest BCUT2D eigenvalue weighted by molar-refractivity contribution is 1.06. The highest BCUT2D eigenvalue weighted by Crippen LogP contribution is 2.07. The summed E-state index contributed by atoms with van der Waals surface area (Å²) in [6, 6.07) is 1.84. The minimum Gasteiger partial charge on any atom is -0.170 e. The van der Waals surface area contributed by atoms with Crippen molar-refractivity contribution in [3.8, 4) is 0 Å². The van der Waals surface area contributed by atoms with E-state index in [1.54, 1.807) is 6.20 Å². The van der Waals surface area contributed by atoms with Crippen LogP contribution in [0.3, 0.4) is 0 Å². The van der Waals surface area contributed by atoms with E-state index in [1.165, 1.54) is 11.5 Å². The van der Waals surface area contributed by atoms with Crippen molar-refractivity contribution >= 4 is 22.6 Å². The van der Waals surface area contributed by atoms with Gasteiger partial charge >= 0.3 is 0 Å². The topological polar surface area (TPSA) is 38.7 Å². The summed E-state index contributed by atoms with van der Waals surface area (Å²) in [4.78, 5) is 0. The molecule has 0 saturated heterocycles. The Kier molecular flexibility index (Phi) is 0.927. The van der Waals surface area contributed by atoms with Crippen LogP contribution in [-0.4, -0.2) is 14.6 Å². The van der Waals surface area contributed by atoms with Gasteiger partial charge in [-0.1, -0.05) is 0 Å². The van der Waals surface area contributed by atoms with Gasteiger partial charge in [-0.25, -0.2) is 0 Å². The predicted molar refractivity (Wildman–Crippen MR) is 34.0 cm³/mol. The van der Waals surface area contributed by atoms with E-state index in [2.05, 4.69) is 20.0 Å². The van der Waals surface area contributed by atoms with Crippen LogP contribution in [0.25, 0.3) is 11.0 Å². The third-order valence-electron chi connectivity index (χ3n) is 0.989. The van der Waals surface area contributed by atoms with E-state index in [-0.39, 0.29) is 0 Å². The Labute approximate surface area is 55.5 Å². The van der Waals surface area contributed by atoms with Gasteiger partial charge in [-0.2, -0.15) is 9.47 Å². The predicted octanol–water partition coefficient (Wildman–Crippen LogP) is 0.886. The van der Waals surface area contributed by atoms with Gasteiger partial charge in [0.2, 0.25) is 0 Å². The molecular weight excluding hydrogens is 134 g/mol. The molecule has 0 amide bonds. The molecule has 0 aliphatic heterocycles. The van der Waals surface area contributed by atoms with E-state index in [4.69, 9.17) is 0 Å². The molecule has 0 aliphatic carbocycles. The van der Waals surface area contributed by atoms with Gasteiger partial charge in [0.15, 0.2) is 5.65 Å². The first kappa shape index (κ1) is 4.81. The molecule has 3 nitrogen and oxygen atoms in total. The van der Waals surface area contributed by atoms with Gasteiger partial charge in [0.05, 0.1) is 11.6 Å². The normalized spacial score (nSPS) is 10.2. The number of hydrogen-bond acceptors (Lipinski definition) is 4. The van der Waals surface area contributed by atoms with Crippen LogP contribution < -0.4 is 0 Å². The summed E-state index contributed by atoms with van der Waals surface area (Å²) < 4.78 is 3.93. The van der Waals surface area contributed by atoms with Gasteiger partial charge < -0.3 is 0 Å². The van der Waals surface area contributed by atoms with Crippen molar-refractivity contribution in [2.75, 3.05) is 0 Å². The molecule has 0 bridgehead atoms. The van der Waals surface area contributed by atoms with Crippen LogP contribution in [0, 0.1) is 5.38 Å². The zero-order valence-electron chi connectivity index (χ0n) is 4.40. The van der Waals surface area contributed by atoms with Crippen LogP contribution in [0.5, 0.6) is 0 Å². The van der Waals surface area contributed by atoms with Gasteiger partial charge in [0.25, 0.3) is 0 Å². The number of hydrogen-bond donors (Lipinski definition) is 0. The van der Waals surface area contributed by atoms with Crippen molar-refractivity contribution in [3.63, 3.8) is 0 Å². The molecule has 2 rings (SSSR count). The van der Waals surface area contributed by atoms with Crippen molar-refractivity contribution in [1.82, 2.24) is 14.6 Å². The van der Waals surface area contributed by atoms with E-state index in [0.717, 1.165) is 5.39 Å². The first-order valence-electron chi connectivity index (χ1n) is 2.41. The number of rotatable bonds is 0. The third-order valence-corrected chi connectivity index (χ3v) is 1.56. The SMILES string of the molecule is [c]1snc2nnccc12. The van der Waals surface area contributed by atoms with Crippen molar-refractivity contribution in [1.29, 1.82) is 0 Å². The zero-order chi connectivity index (χ0) is 6.10. The molecule has 0 fully saturated rings. The minimum absolute atomic E-state index is 0.683. The summed E-state index contributed by atoms with van der Waals surface area (Å²) in [6.07, 6.45) is 1.63. The Morgan fingerprint density at radius 2 is 2.56 bits per heavy atom. The Hall–Kier alpha value is -1.03. The quantitative estimate of drug-likeness (QED) is 0.539. The summed E-state index contributed by atoms with van der Waals surface area (Å²) in [5, 5.41) is 11.3. The average molecular weight is 136 g/mol. The Morgan fingerprint density at radius 1 is 1.56 bits per heavy atom. The highest BCUT2D eigenvalue weighted by atomic mass is 32.1. The lowest BCUT2D eigenvalue weighted by atomic mass is 10.4. The summed E-state index contributed by atoms with van der Waals surface area (Å²) in [5.74, 6) is 0. The van der Waals surface area contributed by atoms with E-state index < -0.39 is 0 Å². The maximum Gasteiger partial charge on any atom is 0.195 e. The monoisotopic (exact) mass is 136 g/mol. The number of nitrogens with zero attached hydrogens (tertiary/aromatic N) is 3. The van der Waals surface area contributed by atoms with Crippen LogP contribution >= 0.6 is 11.5 Å². The van der Waals surface area contributed by atoms with Crippen molar-refractivity contribution in [2.45, 2.75) is 0 Å². The molecule has 1 radical (unpaired) electrons. The molecule has 0 unspecified atom stereocenters. The molecule has 0 atom stereocenters. The fourth-order valence-electron chi connectivity index (χ4n) is 0.587. The third kappa shape index (κ3) is 0.675. The fourth-order valence-corrected chi connectivity index (χ4v) is 1.11. The second kappa shape index (κ2) is 1.73. The Balaban J connectivity index is 2.95. The summed E-state index contributed by atoms with van der Waals surface area (Å²) in [5.41, 5.74) is 0.683. The molecule has 2 heterocycles. The minimum atomic E-state index is 0.683. The van der Waals surface area contributed by atoms with Crippen LogP contribution in [0.15, 0.2) is 12.3 Å². The Morgan fingerprint density at radius 3 is 3.44 bits per heavy atom. The molecule has 0 aliphatic rings. The zero-order valence-corrected chi connectivity index (χ0v) is 5.22. The number of aromatic nitrogens is 3. The molecule has 43 valence electrons. The van der Waals surface area contributed by atoms with Gasteiger partial charge in [-0.15, -0.1) is 5.10 Å². The fraction of sp³-hybridized carbons (Fsp3) is 0. The van der Waals surface area contributed by atoms with Crippen molar-refractivity contribution in [2.24, 2.45) is 0 Å². The summed E-state index contributed by atoms with van der Waals surface area (Å²) >= 11 is 1.28. The summed E-state index contributed by atoms with van der Waals surface area (Å²) in [6.45, 7) is 0. The molecule has 9 heavy (non-hydrogen) atoms. The van der Waals surface area contributed by atoms with E-state index >= 15 is 0 Å². The molecule has 4 heteroatoms. The van der Waals surface area contributed by atoms with Gasteiger partial charge in [-0.05, 0) is 17.6 Å². The van der Waals surface area contributed by atoms with E-state index in [0.29, 0.717) is 5.65 Å². The summed E-state index contributed by atoms with van der Waals surface area (Å²) in [7, 11) is 0. The van der Waals surface area contributed by atoms with Crippen molar-refractivity contribution < 1.29 is 0 Å². The van der Waals surface area contributed by atoms with Gasteiger partial charge in [-0.3, -0.25) is 0 Å². The molecule has 0 saturated carbocycles. The second-order valence-corrected chi connectivity index (χ2v) is 2.12. The Bertz CT molecular complexity index is 286. The lowest BCUT2D eigenvalue weighted by Gasteiger charge is -1.78. The number of fused-ring (bicyclic) bond motifs is 1. The van der Waals surface area contributed by atoms with Crippen LogP contribution in [-0.2, 0) is 0 Å². The highest BCUT2D eigenvalue weighted by Gasteiger charge is 1.93. The first-order chi connectivity index (χ1) is 4.47. The van der Waals surface area contributed by atoms with Crippen molar-refractivity contribution in [3.05, 3.63) is 17.6 Å². The smallest absolute Gasteiger partial charge is 0.170 e. The van der Waals surface area contributed by atoms with E-state index in [9.17, 15) is 0 Å². The standard InChI is InChI=1S/C5H2N3S/c1-2-6-7-5-4(1)3-9-8-5/h1-2H. The lowest BCUT2D eigenvalue weighted by Crippen LogP contribution is -1.77. The molecular formula is C5H2N3S. The van der Waals surface area contributed by atoms with Crippen LogP contribution in [0.4, 0.5) is 0 Å².